The summed E-state index contributed by atoms with van der Waals surface area (Å²) in [6.07, 6.45) is 2.19. The quantitative estimate of drug-likeness (QED) is 0.820. The molecule has 1 aliphatic carbocycles. The van der Waals surface area contributed by atoms with Crippen LogP contribution in [-0.4, -0.2) is 12.1 Å². The molecule has 15 heavy (non-hydrogen) atoms. The minimum absolute atomic E-state index is 0.0423. The summed E-state index contributed by atoms with van der Waals surface area (Å²) >= 11 is 0. The van der Waals surface area contributed by atoms with E-state index in [1.807, 2.05) is 12.1 Å². The second-order valence-corrected chi connectivity index (χ2v) is 4.71. The molecule has 0 aromatic heterocycles. The van der Waals surface area contributed by atoms with E-state index in [9.17, 15) is 0 Å². The van der Waals surface area contributed by atoms with Crippen molar-refractivity contribution in [2.24, 2.45) is 5.73 Å². The van der Waals surface area contributed by atoms with E-state index in [0.717, 1.165) is 18.6 Å². The highest BCUT2D eigenvalue weighted by atomic mass is 16.5. The van der Waals surface area contributed by atoms with Crippen molar-refractivity contribution in [1.29, 1.82) is 0 Å². The second-order valence-electron chi connectivity index (χ2n) is 4.71. The van der Waals surface area contributed by atoms with Crippen molar-refractivity contribution in [3.63, 3.8) is 0 Å². The fraction of sp³-hybridized carbons (Fsp3) is 0.538. The smallest absolute Gasteiger partial charge is 0.121 e. The standard InChI is InChI=1S/C13H19NO/c1-10(2)11-3-5-12(6-4-11)15-13(9-14)7-8-13/h3-6,10H,7-9,14H2,1-2H3. The van der Waals surface area contributed by atoms with E-state index < -0.39 is 0 Å². The predicted molar refractivity (Wildman–Crippen MR) is 62.2 cm³/mol. The van der Waals surface area contributed by atoms with Crippen LogP contribution in [0.15, 0.2) is 24.3 Å². The summed E-state index contributed by atoms with van der Waals surface area (Å²) in [5.74, 6) is 1.52. The van der Waals surface area contributed by atoms with E-state index in [0.29, 0.717) is 12.5 Å². The average Bonchev–Trinajstić information content (AvgIpc) is 2.99. The zero-order valence-corrected chi connectivity index (χ0v) is 9.49. The van der Waals surface area contributed by atoms with Crippen molar-refractivity contribution >= 4 is 0 Å². The second kappa shape index (κ2) is 3.86. The molecule has 2 rings (SSSR count). The number of benzene rings is 1. The summed E-state index contributed by atoms with van der Waals surface area (Å²) in [6.45, 7) is 5.01. The Kier molecular flexibility index (Phi) is 2.70. The summed E-state index contributed by atoms with van der Waals surface area (Å²) in [4.78, 5) is 0. The fourth-order valence-electron chi connectivity index (χ4n) is 1.66. The van der Waals surface area contributed by atoms with Crippen LogP contribution < -0.4 is 10.5 Å². The first kappa shape index (κ1) is 10.5. The molecule has 0 atom stereocenters. The van der Waals surface area contributed by atoms with Gasteiger partial charge in [0.2, 0.25) is 0 Å². The zero-order chi connectivity index (χ0) is 10.9. The molecule has 0 aliphatic heterocycles. The number of hydrogen-bond donors (Lipinski definition) is 1. The molecular weight excluding hydrogens is 186 g/mol. The Hall–Kier alpha value is -1.02. The molecule has 2 nitrogen and oxygen atoms in total. The lowest BCUT2D eigenvalue weighted by Crippen LogP contribution is -2.28. The Labute approximate surface area is 91.4 Å². The molecule has 0 saturated heterocycles. The van der Waals surface area contributed by atoms with Crippen molar-refractivity contribution in [2.75, 3.05) is 6.54 Å². The molecule has 0 bridgehead atoms. The number of rotatable bonds is 4. The highest BCUT2D eigenvalue weighted by Gasteiger charge is 2.44. The molecule has 0 amide bonds. The molecule has 0 heterocycles. The van der Waals surface area contributed by atoms with Gasteiger partial charge in [0, 0.05) is 6.54 Å². The van der Waals surface area contributed by atoms with Crippen molar-refractivity contribution in [1.82, 2.24) is 0 Å². The van der Waals surface area contributed by atoms with E-state index in [-0.39, 0.29) is 5.60 Å². The highest BCUT2D eigenvalue weighted by Crippen LogP contribution is 2.39. The average molecular weight is 205 g/mol. The molecule has 0 radical (unpaired) electrons. The van der Waals surface area contributed by atoms with Gasteiger partial charge in [-0.2, -0.15) is 0 Å². The van der Waals surface area contributed by atoms with Gasteiger partial charge in [0.15, 0.2) is 0 Å². The van der Waals surface area contributed by atoms with Gasteiger partial charge in [-0.1, -0.05) is 26.0 Å². The number of nitrogens with two attached hydrogens (primary N) is 1. The molecule has 2 heteroatoms. The molecule has 82 valence electrons. The minimum Gasteiger partial charge on any atom is -0.486 e. The molecule has 1 fully saturated rings. The molecule has 1 aromatic carbocycles. The van der Waals surface area contributed by atoms with Crippen LogP contribution in [0.1, 0.15) is 38.2 Å². The van der Waals surface area contributed by atoms with Gasteiger partial charge >= 0.3 is 0 Å². The highest BCUT2D eigenvalue weighted by molar-refractivity contribution is 5.30. The molecule has 1 aliphatic rings. The largest absolute Gasteiger partial charge is 0.486 e. The van der Waals surface area contributed by atoms with E-state index in [2.05, 4.69) is 26.0 Å². The Bertz CT molecular complexity index is 325. The lowest BCUT2D eigenvalue weighted by Gasteiger charge is -2.16. The first-order valence-electron chi connectivity index (χ1n) is 5.64. The van der Waals surface area contributed by atoms with Crippen molar-refractivity contribution < 1.29 is 4.74 Å². The summed E-state index contributed by atoms with van der Waals surface area (Å²) < 4.78 is 5.87. The van der Waals surface area contributed by atoms with Gasteiger partial charge in [0.05, 0.1) is 0 Å². The Morgan fingerprint density at radius 2 is 1.87 bits per heavy atom. The third-order valence-electron chi connectivity index (χ3n) is 3.06. The van der Waals surface area contributed by atoms with Gasteiger partial charge in [-0.25, -0.2) is 0 Å². The first-order valence-corrected chi connectivity index (χ1v) is 5.64. The lowest BCUT2D eigenvalue weighted by atomic mass is 10.0. The Morgan fingerprint density at radius 3 is 2.27 bits per heavy atom. The third kappa shape index (κ3) is 2.32. The van der Waals surface area contributed by atoms with Crippen LogP contribution in [0.25, 0.3) is 0 Å². The summed E-state index contributed by atoms with van der Waals surface area (Å²) in [5, 5.41) is 0. The molecule has 1 aromatic rings. The van der Waals surface area contributed by atoms with Gasteiger partial charge in [0.25, 0.3) is 0 Å². The van der Waals surface area contributed by atoms with Crippen LogP contribution in [-0.2, 0) is 0 Å². The summed E-state index contributed by atoms with van der Waals surface area (Å²) in [7, 11) is 0. The third-order valence-corrected chi connectivity index (χ3v) is 3.06. The van der Waals surface area contributed by atoms with Crippen LogP contribution in [0.5, 0.6) is 5.75 Å². The summed E-state index contributed by atoms with van der Waals surface area (Å²) in [5.41, 5.74) is 6.97. The molecule has 1 saturated carbocycles. The monoisotopic (exact) mass is 205 g/mol. The van der Waals surface area contributed by atoms with Gasteiger partial charge < -0.3 is 10.5 Å². The maximum atomic E-state index is 5.87. The van der Waals surface area contributed by atoms with Crippen molar-refractivity contribution in [2.45, 2.75) is 38.2 Å². The zero-order valence-electron chi connectivity index (χ0n) is 9.49. The van der Waals surface area contributed by atoms with Gasteiger partial charge in [-0.15, -0.1) is 0 Å². The predicted octanol–water partition coefficient (Wildman–Crippen LogP) is 2.68. The molecule has 0 spiro atoms. The summed E-state index contributed by atoms with van der Waals surface area (Å²) in [6, 6.07) is 8.36. The maximum absolute atomic E-state index is 5.87. The minimum atomic E-state index is -0.0423. The van der Waals surface area contributed by atoms with E-state index in [1.165, 1.54) is 5.56 Å². The number of ether oxygens (including phenoxy) is 1. The van der Waals surface area contributed by atoms with Gasteiger partial charge in [0.1, 0.15) is 11.4 Å². The normalized spacial score (nSPS) is 17.9. The van der Waals surface area contributed by atoms with E-state index in [1.54, 1.807) is 0 Å². The van der Waals surface area contributed by atoms with Crippen LogP contribution >= 0.6 is 0 Å². The van der Waals surface area contributed by atoms with Crippen LogP contribution in [0.4, 0.5) is 0 Å². The molecule has 2 N–H and O–H groups in total. The van der Waals surface area contributed by atoms with Crippen molar-refractivity contribution in [3.05, 3.63) is 29.8 Å². The van der Waals surface area contributed by atoms with Crippen LogP contribution in [0, 0.1) is 0 Å². The Morgan fingerprint density at radius 1 is 1.27 bits per heavy atom. The van der Waals surface area contributed by atoms with E-state index >= 15 is 0 Å². The lowest BCUT2D eigenvalue weighted by molar-refractivity contribution is 0.187. The first-order chi connectivity index (χ1) is 7.15. The molecular formula is C13H19NO. The van der Waals surface area contributed by atoms with Crippen LogP contribution in [0.2, 0.25) is 0 Å². The van der Waals surface area contributed by atoms with E-state index in [4.69, 9.17) is 10.5 Å². The topological polar surface area (TPSA) is 35.2 Å². The Balaban J connectivity index is 2.04. The van der Waals surface area contributed by atoms with Gasteiger partial charge in [-0.3, -0.25) is 0 Å². The van der Waals surface area contributed by atoms with Crippen LogP contribution in [0.3, 0.4) is 0 Å². The van der Waals surface area contributed by atoms with Crippen molar-refractivity contribution in [3.8, 4) is 5.75 Å². The number of hydrogen-bond acceptors (Lipinski definition) is 2. The van der Waals surface area contributed by atoms with Gasteiger partial charge in [-0.05, 0) is 36.5 Å². The maximum Gasteiger partial charge on any atom is 0.121 e. The molecule has 0 unspecified atom stereocenters. The fourth-order valence-corrected chi connectivity index (χ4v) is 1.66. The SMILES string of the molecule is CC(C)c1ccc(OC2(CN)CC2)cc1.